The van der Waals surface area contributed by atoms with E-state index in [-0.39, 0.29) is 18.5 Å². The summed E-state index contributed by atoms with van der Waals surface area (Å²) >= 11 is 0. The van der Waals surface area contributed by atoms with Crippen molar-refractivity contribution >= 4 is 15.9 Å². The molecule has 0 saturated carbocycles. The lowest BCUT2D eigenvalue weighted by molar-refractivity contribution is -0.121. The predicted octanol–water partition coefficient (Wildman–Crippen LogP) is 0.526. The summed E-state index contributed by atoms with van der Waals surface area (Å²) in [4.78, 5) is 11.9. The Kier molecular flexibility index (Phi) is 4.92. The number of nitrogens with zero attached hydrogens (tertiary/aromatic N) is 1. The molecular weight excluding hydrogens is 308 g/mol. The van der Waals surface area contributed by atoms with Crippen molar-refractivity contribution < 1.29 is 22.7 Å². The zero-order valence-corrected chi connectivity index (χ0v) is 13.6. The Morgan fingerprint density at radius 3 is 2.59 bits per heavy atom. The van der Waals surface area contributed by atoms with Crippen LogP contribution in [-0.2, 0) is 14.8 Å². The van der Waals surface area contributed by atoms with Gasteiger partial charge in [-0.3, -0.25) is 4.79 Å². The fraction of sp³-hybridized carbons (Fsp3) is 0.500. The Morgan fingerprint density at radius 2 is 1.95 bits per heavy atom. The summed E-state index contributed by atoms with van der Waals surface area (Å²) in [6.45, 7) is 2.63. The molecule has 0 bridgehead atoms. The van der Waals surface area contributed by atoms with Crippen LogP contribution in [0.25, 0.3) is 0 Å². The molecule has 1 unspecified atom stereocenters. The average Bonchev–Trinajstić information content (AvgIpc) is 2.45. The quantitative estimate of drug-likeness (QED) is 0.852. The van der Waals surface area contributed by atoms with Crippen LogP contribution in [-0.4, -0.2) is 51.7 Å². The summed E-state index contributed by atoms with van der Waals surface area (Å²) in [7, 11) is -2.01. The first kappa shape index (κ1) is 16.6. The van der Waals surface area contributed by atoms with Crippen molar-refractivity contribution in [2.45, 2.75) is 13.0 Å². The van der Waals surface area contributed by atoms with Gasteiger partial charge in [0.05, 0.1) is 18.8 Å². The van der Waals surface area contributed by atoms with E-state index in [0.717, 1.165) is 16.1 Å². The van der Waals surface area contributed by atoms with Crippen molar-refractivity contribution in [3.8, 4) is 11.5 Å². The number of sulfonamides is 1. The predicted molar refractivity (Wildman–Crippen MR) is 81.5 cm³/mol. The monoisotopic (exact) mass is 328 g/mol. The van der Waals surface area contributed by atoms with Gasteiger partial charge in [-0.1, -0.05) is 6.07 Å². The number of carbonyl (C=O) groups is 1. The second-order valence-corrected chi connectivity index (χ2v) is 7.30. The smallest absolute Gasteiger partial charge is 0.235 e. The van der Waals surface area contributed by atoms with Crippen LogP contribution in [0.2, 0.25) is 0 Å². The number of carbonyl (C=O) groups excluding carboxylic acids is 1. The van der Waals surface area contributed by atoms with Gasteiger partial charge in [-0.05, 0) is 24.6 Å². The van der Waals surface area contributed by atoms with Crippen LogP contribution in [0.1, 0.15) is 18.5 Å². The van der Waals surface area contributed by atoms with Crippen molar-refractivity contribution in [3.63, 3.8) is 0 Å². The normalized spacial score (nSPS) is 15.5. The molecule has 7 nitrogen and oxygen atoms in total. The van der Waals surface area contributed by atoms with Gasteiger partial charge >= 0.3 is 0 Å². The molecule has 0 aliphatic carbocycles. The summed E-state index contributed by atoms with van der Waals surface area (Å²) in [5, 5.41) is 2.76. The molecule has 1 aromatic carbocycles. The maximum absolute atomic E-state index is 11.9. The Bertz CT molecular complexity index is 659. The minimum atomic E-state index is -3.37. The zero-order chi connectivity index (χ0) is 16.3. The Morgan fingerprint density at radius 1 is 1.32 bits per heavy atom. The highest BCUT2D eigenvalue weighted by atomic mass is 32.2. The maximum atomic E-state index is 11.9. The van der Waals surface area contributed by atoms with E-state index in [4.69, 9.17) is 9.47 Å². The zero-order valence-electron chi connectivity index (χ0n) is 12.8. The first-order valence-electron chi connectivity index (χ1n) is 6.87. The molecule has 0 saturated heterocycles. The summed E-state index contributed by atoms with van der Waals surface area (Å²) < 4.78 is 34.5. The maximum Gasteiger partial charge on any atom is 0.235 e. The number of rotatable bonds is 5. The minimum Gasteiger partial charge on any atom is -0.486 e. The Labute approximate surface area is 130 Å². The van der Waals surface area contributed by atoms with Crippen molar-refractivity contribution in [1.29, 1.82) is 0 Å². The fourth-order valence-electron chi connectivity index (χ4n) is 2.02. The summed E-state index contributed by atoms with van der Waals surface area (Å²) in [6.07, 6.45) is 1.06. The first-order valence-corrected chi connectivity index (χ1v) is 8.72. The highest BCUT2D eigenvalue weighted by Crippen LogP contribution is 2.32. The topological polar surface area (TPSA) is 84.9 Å². The number of amides is 1. The van der Waals surface area contributed by atoms with Gasteiger partial charge in [0.25, 0.3) is 0 Å². The molecule has 0 radical (unpaired) electrons. The second-order valence-electron chi connectivity index (χ2n) is 5.21. The van der Waals surface area contributed by atoms with E-state index in [9.17, 15) is 13.2 Å². The fourth-order valence-corrected chi connectivity index (χ4v) is 2.37. The number of hydrogen-bond acceptors (Lipinski definition) is 5. The van der Waals surface area contributed by atoms with Crippen LogP contribution in [0.5, 0.6) is 11.5 Å². The van der Waals surface area contributed by atoms with Crippen molar-refractivity contribution in [1.82, 2.24) is 9.62 Å². The van der Waals surface area contributed by atoms with Crippen LogP contribution >= 0.6 is 0 Å². The molecule has 1 amide bonds. The molecular formula is C14H20N2O5S. The third-order valence-electron chi connectivity index (χ3n) is 3.38. The van der Waals surface area contributed by atoms with Crippen molar-refractivity contribution in [3.05, 3.63) is 23.8 Å². The van der Waals surface area contributed by atoms with Gasteiger partial charge in [0, 0.05) is 7.05 Å². The van der Waals surface area contributed by atoms with E-state index >= 15 is 0 Å². The molecule has 1 aliphatic heterocycles. The molecule has 0 fully saturated rings. The highest BCUT2D eigenvalue weighted by Gasteiger charge is 2.18. The van der Waals surface area contributed by atoms with Crippen LogP contribution in [0.3, 0.4) is 0 Å². The third-order valence-corrected chi connectivity index (χ3v) is 4.64. The van der Waals surface area contributed by atoms with Gasteiger partial charge < -0.3 is 14.8 Å². The molecule has 1 heterocycles. The second kappa shape index (κ2) is 6.53. The van der Waals surface area contributed by atoms with Gasteiger partial charge in [-0.25, -0.2) is 8.42 Å². The first-order chi connectivity index (χ1) is 10.3. The lowest BCUT2D eigenvalue weighted by Crippen LogP contribution is -2.38. The number of hydrogen-bond donors (Lipinski definition) is 1. The number of fused-ring (bicyclic) bond motifs is 1. The van der Waals surface area contributed by atoms with Crippen LogP contribution < -0.4 is 14.8 Å². The lowest BCUT2D eigenvalue weighted by Gasteiger charge is -2.21. The third kappa shape index (κ3) is 4.11. The molecule has 0 aromatic heterocycles. The molecule has 1 aliphatic rings. The van der Waals surface area contributed by atoms with Gasteiger partial charge in [-0.15, -0.1) is 0 Å². The molecule has 2 rings (SSSR count). The number of ether oxygens (including phenoxy) is 2. The molecule has 122 valence electrons. The molecule has 22 heavy (non-hydrogen) atoms. The standard InChI is InChI=1S/C14H20N2O5S/c1-10(15-14(17)9-16(2)22(3,18)19)11-4-5-12-13(8-11)21-7-6-20-12/h4-5,8,10H,6-7,9H2,1-3H3,(H,15,17). The van der Waals surface area contributed by atoms with E-state index in [0.29, 0.717) is 24.7 Å². The van der Waals surface area contributed by atoms with Crippen LogP contribution in [0.15, 0.2) is 18.2 Å². The van der Waals surface area contributed by atoms with Crippen LogP contribution in [0, 0.1) is 0 Å². The summed E-state index contributed by atoms with van der Waals surface area (Å²) in [6, 6.07) is 5.20. The Hall–Kier alpha value is -1.80. The molecule has 1 N–H and O–H groups in total. The highest BCUT2D eigenvalue weighted by molar-refractivity contribution is 7.88. The molecule has 0 spiro atoms. The molecule has 1 atom stereocenters. The van der Waals surface area contributed by atoms with Gasteiger partial charge in [-0.2, -0.15) is 4.31 Å². The molecule has 1 aromatic rings. The van der Waals surface area contributed by atoms with E-state index in [1.807, 2.05) is 19.1 Å². The van der Waals surface area contributed by atoms with E-state index in [2.05, 4.69) is 5.32 Å². The van der Waals surface area contributed by atoms with Gasteiger partial charge in [0.2, 0.25) is 15.9 Å². The largest absolute Gasteiger partial charge is 0.486 e. The Balaban J connectivity index is 2.00. The van der Waals surface area contributed by atoms with Gasteiger partial charge in [0.1, 0.15) is 13.2 Å². The number of likely N-dealkylation sites (N-methyl/N-ethyl adjacent to an activating group) is 1. The van der Waals surface area contributed by atoms with E-state index < -0.39 is 10.0 Å². The molecule has 8 heteroatoms. The van der Waals surface area contributed by atoms with Crippen molar-refractivity contribution in [2.75, 3.05) is 33.1 Å². The average molecular weight is 328 g/mol. The lowest BCUT2D eigenvalue weighted by atomic mass is 10.1. The number of nitrogens with one attached hydrogen (secondary N) is 1. The van der Waals surface area contributed by atoms with E-state index in [1.165, 1.54) is 7.05 Å². The minimum absolute atomic E-state index is 0.215. The van der Waals surface area contributed by atoms with Crippen LogP contribution in [0.4, 0.5) is 0 Å². The van der Waals surface area contributed by atoms with Crippen molar-refractivity contribution in [2.24, 2.45) is 0 Å². The number of benzene rings is 1. The summed E-state index contributed by atoms with van der Waals surface area (Å²) in [5.74, 6) is 0.971. The summed E-state index contributed by atoms with van der Waals surface area (Å²) in [5.41, 5.74) is 0.861. The van der Waals surface area contributed by atoms with Gasteiger partial charge in [0.15, 0.2) is 11.5 Å². The SMILES string of the molecule is CC(NC(=O)CN(C)S(C)(=O)=O)c1ccc2c(c1)OCCO2. The van der Waals surface area contributed by atoms with E-state index in [1.54, 1.807) is 6.07 Å².